The zero-order valence-corrected chi connectivity index (χ0v) is 16.2. The van der Waals surface area contributed by atoms with E-state index in [9.17, 15) is 14.4 Å². The van der Waals surface area contributed by atoms with Crippen LogP contribution in [0, 0.1) is 0 Å². The Bertz CT molecular complexity index is 701. The number of hydrogen-bond donors (Lipinski definition) is 1. The van der Waals surface area contributed by atoms with Crippen molar-refractivity contribution in [2.24, 2.45) is 0 Å². The highest BCUT2D eigenvalue weighted by atomic mass is 16.6. The van der Waals surface area contributed by atoms with E-state index in [4.69, 9.17) is 14.2 Å². The first-order valence-electron chi connectivity index (χ1n) is 9.19. The van der Waals surface area contributed by atoms with Gasteiger partial charge in [0, 0.05) is 26.3 Å². The summed E-state index contributed by atoms with van der Waals surface area (Å²) in [6, 6.07) is 6.42. The van der Waals surface area contributed by atoms with Gasteiger partial charge in [-0.1, -0.05) is 12.1 Å². The number of rotatable bonds is 9. The first kappa shape index (κ1) is 21.4. The van der Waals surface area contributed by atoms with Crippen LogP contribution in [0.1, 0.15) is 18.9 Å². The Balaban J connectivity index is 1.99. The summed E-state index contributed by atoms with van der Waals surface area (Å²) in [5.74, 6) is -0.491. The van der Waals surface area contributed by atoms with Gasteiger partial charge < -0.3 is 24.4 Å². The Kier molecular flexibility index (Phi) is 8.48. The lowest BCUT2D eigenvalue weighted by atomic mass is 10.1. The minimum atomic E-state index is -0.888. The van der Waals surface area contributed by atoms with E-state index in [1.165, 1.54) is 18.1 Å². The van der Waals surface area contributed by atoms with Crippen molar-refractivity contribution in [1.29, 1.82) is 0 Å². The van der Waals surface area contributed by atoms with Crippen LogP contribution in [0.4, 0.5) is 0 Å². The number of ether oxygens (including phenoxy) is 3. The highest BCUT2D eigenvalue weighted by Gasteiger charge is 2.34. The van der Waals surface area contributed by atoms with Gasteiger partial charge in [0.1, 0.15) is 18.4 Å². The van der Waals surface area contributed by atoms with Gasteiger partial charge in [0.25, 0.3) is 0 Å². The Labute approximate surface area is 164 Å². The molecule has 0 saturated carbocycles. The second-order valence-electron chi connectivity index (χ2n) is 6.09. The summed E-state index contributed by atoms with van der Waals surface area (Å²) < 4.78 is 15.2. The molecule has 1 aliphatic rings. The lowest BCUT2D eigenvalue weighted by molar-refractivity contribution is -0.151. The van der Waals surface area contributed by atoms with Crippen LogP contribution < -0.4 is 10.1 Å². The van der Waals surface area contributed by atoms with Crippen LogP contribution in [0.2, 0.25) is 0 Å². The molecule has 0 aliphatic carbocycles. The van der Waals surface area contributed by atoms with Gasteiger partial charge in [0.2, 0.25) is 11.8 Å². The quantitative estimate of drug-likeness (QED) is 0.384. The molecule has 1 aromatic carbocycles. The lowest BCUT2D eigenvalue weighted by Gasteiger charge is -2.33. The van der Waals surface area contributed by atoms with Crippen LogP contribution in [0.5, 0.6) is 5.75 Å². The molecular formula is C20H26N2O6. The van der Waals surface area contributed by atoms with Gasteiger partial charge in [-0.05, 0) is 30.7 Å². The highest BCUT2D eigenvalue weighted by molar-refractivity contribution is 5.97. The molecule has 1 fully saturated rings. The van der Waals surface area contributed by atoms with E-state index in [1.54, 1.807) is 6.08 Å². The van der Waals surface area contributed by atoms with Gasteiger partial charge in [-0.3, -0.25) is 14.4 Å². The summed E-state index contributed by atoms with van der Waals surface area (Å²) in [4.78, 5) is 38.1. The number of methoxy groups -OCH3 is 1. The van der Waals surface area contributed by atoms with Crippen LogP contribution >= 0.6 is 0 Å². The normalized spacial score (nSPS) is 16.7. The average Bonchev–Trinajstić information content (AvgIpc) is 2.69. The standard InChI is InChI=1S/C20H26N2O6/c1-3-27-16-7-4-15(5-8-16)6-9-18(23)22-11-10-21-20(25)17(22)14-19(24)28-13-12-26-2/h4-9,17H,3,10-14H2,1-2H3,(H,21,25)/b9-6+. The fourth-order valence-corrected chi connectivity index (χ4v) is 2.74. The minimum Gasteiger partial charge on any atom is -0.494 e. The van der Waals surface area contributed by atoms with Gasteiger partial charge >= 0.3 is 5.97 Å². The number of carbonyl (C=O) groups is 3. The molecule has 152 valence electrons. The fraction of sp³-hybridized carbons (Fsp3) is 0.450. The Morgan fingerprint density at radius 3 is 2.68 bits per heavy atom. The van der Waals surface area contributed by atoms with Gasteiger partial charge in [-0.25, -0.2) is 0 Å². The molecule has 1 saturated heterocycles. The van der Waals surface area contributed by atoms with Crippen molar-refractivity contribution in [3.8, 4) is 5.75 Å². The minimum absolute atomic E-state index is 0.106. The maximum absolute atomic E-state index is 12.6. The maximum Gasteiger partial charge on any atom is 0.308 e. The van der Waals surface area contributed by atoms with Crippen LogP contribution in [0.15, 0.2) is 30.3 Å². The molecule has 0 aromatic heterocycles. The van der Waals surface area contributed by atoms with Crippen molar-refractivity contribution < 1.29 is 28.6 Å². The van der Waals surface area contributed by atoms with Crippen LogP contribution in [0.25, 0.3) is 6.08 Å². The van der Waals surface area contributed by atoms with E-state index < -0.39 is 12.0 Å². The molecule has 0 radical (unpaired) electrons. The number of benzene rings is 1. The highest BCUT2D eigenvalue weighted by Crippen LogP contribution is 2.15. The maximum atomic E-state index is 12.6. The Hall–Kier alpha value is -2.87. The largest absolute Gasteiger partial charge is 0.494 e. The van der Waals surface area contributed by atoms with Crippen LogP contribution in [0.3, 0.4) is 0 Å². The molecule has 2 rings (SSSR count). The molecule has 1 aliphatic heterocycles. The summed E-state index contributed by atoms with van der Waals surface area (Å²) in [7, 11) is 1.50. The van der Waals surface area contributed by atoms with E-state index >= 15 is 0 Å². The first-order chi connectivity index (χ1) is 13.5. The van der Waals surface area contributed by atoms with Crippen molar-refractivity contribution in [2.75, 3.05) is 40.0 Å². The molecule has 0 bridgehead atoms. The first-order valence-corrected chi connectivity index (χ1v) is 9.19. The number of piperazine rings is 1. The van der Waals surface area contributed by atoms with E-state index in [1.807, 2.05) is 31.2 Å². The number of nitrogens with one attached hydrogen (secondary N) is 1. The van der Waals surface area contributed by atoms with Crippen LogP contribution in [-0.4, -0.2) is 68.7 Å². The Morgan fingerprint density at radius 2 is 2.00 bits per heavy atom. The SMILES string of the molecule is CCOc1ccc(/C=C/C(=O)N2CCNC(=O)C2CC(=O)OCCOC)cc1. The third-order valence-electron chi connectivity index (χ3n) is 4.13. The molecule has 1 N–H and O–H groups in total. The van der Waals surface area contributed by atoms with Crippen molar-refractivity contribution in [3.63, 3.8) is 0 Å². The van der Waals surface area contributed by atoms with E-state index in [-0.39, 0.29) is 31.4 Å². The van der Waals surface area contributed by atoms with Gasteiger partial charge in [-0.2, -0.15) is 0 Å². The second kappa shape index (κ2) is 11.1. The predicted octanol–water partition coefficient (Wildman–Crippen LogP) is 1.01. The number of hydrogen-bond acceptors (Lipinski definition) is 6. The zero-order chi connectivity index (χ0) is 20.4. The monoisotopic (exact) mass is 390 g/mol. The van der Waals surface area contributed by atoms with Crippen molar-refractivity contribution in [2.45, 2.75) is 19.4 Å². The average molecular weight is 390 g/mol. The molecular weight excluding hydrogens is 364 g/mol. The number of carbonyl (C=O) groups excluding carboxylic acids is 3. The van der Waals surface area contributed by atoms with E-state index in [0.717, 1.165) is 11.3 Å². The molecule has 8 nitrogen and oxygen atoms in total. The van der Waals surface area contributed by atoms with Crippen molar-refractivity contribution in [1.82, 2.24) is 10.2 Å². The lowest BCUT2D eigenvalue weighted by Crippen LogP contribution is -2.57. The summed E-state index contributed by atoms with van der Waals surface area (Å²) >= 11 is 0. The molecule has 0 spiro atoms. The Morgan fingerprint density at radius 1 is 1.25 bits per heavy atom. The molecule has 2 amide bonds. The topological polar surface area (TPSA) is 94.2 Å². The van der Waals surface area contributed by atoms with Gasteiger partial charge in [-0.15, -0.1) is 0 Å². The third-order valence-corrected chi connectivity index (χ3v) is 4.13. The smallest absolute Gasteiger partial charge is 0.308 e. The zero-order valence-electron chi connectivity index (χ0n) is 16.2. The molecule has 1 heterocycles. The van der Waals surface area contributed by atoms with Gasteiger partial charge in [0.15, 0.2) is 0 Å². The predicted molar refractivity (Wildman–Crippen MR) is 103 cm³/mol. The van der Waals surface area contributed by atoms with E-state index in [2.05, 4.69) is 5.32 Å². The summed E-state index contributed by atoms with van der Waals surface area (Å²) in [6.45, 7) is 3.54. The van der Waals surface area contributed by atoms with Gasteiger partial charge in [0.05, 0.1) is 19.6 Å². The molecule has 8 heteroatoms. The fourth-order valence-electron chi connectivity index (χ4n) is 2.74. The van der Waals surface area contributed by atoms with E-state index in [0.29, 0.717) is 19.7 Å². The summed E-state index contributed by atoms with van der Waals surface area (Å²) in [5, 5.41) is 2.68. The number of esters is 1. The van der Waals surface area contributed by atoms with Crippen molar-refractivity contribution >= 4 is 23.9 Å². The second-order valence-corrected chi connectivity index (χ2v) is 6.09. The third kappa shape index (κ3) is 6.38. The number of amides is 2. The van der Waals surface area contributed by atoms with Crippen LogP contribution in [-0.2, 0) is 23.9 Å². The van der Waals surface area contributed by atoms with Crippen molar-refractivity contribution in [3.05, 3.63) is 35.9 Å². The molecule has 28 heavy (non-hydrogen) atoms. The number of nitrogens with zero attached hydrogens (tertiary/aromatic N) is 1. The molecule has 1 aromatic rings. The molecule has 1 unspecified atom stereocenters. The molecule has 1 atom stereocenters. The summed E-state index contributed by atoms with van der Waals surface area (Å²) in [5.41, 5.74) is 0.828. The summed E-state index contributed by atoms with van der Waals surface area (Å²) in [6.07, 6.45) is 2.87.